The van der Waals surface area contributed by atoms with Crippen molar-refractivity contribution in [2.24, 2.45) is 0 Å². The maximum atomic E-state index is 10.6. The molecular weight excluding hydrogens is 252 g/mol. The van der Waals surface area contributed by atoms with Gasteiger partial charge < -0.3 is 14.9 Å². The van der Waals surface area contributed by atoms with E-state index in [2.05, 4.69) is 0 Å². The van der Waals surface area contributed by atoms with Gasteiger partial charge in [0.2, 0.25) is 0 Å². The van der Waals surface area contributed by atoms with Gasteiger partial charge in [-0.05, 0) is 12.5 Å². The summed E-state index contributed by atoms with van der Waals surface area (Å²) < 4.78 is 5.36. The van der Waals surface area contributed by atoms with E-state index in [1.54, 1.807) is 6.92 Å². The summed E-state index contributed by atoms with van der Waals surface area (Å²) in [5.74, 6) is -0.500. The van der Waals surface area contributed by atoms with Crippen molar-refractivity contribution < 1.29 is 19.7 Å². The van der Waals surface area contributed by atoms with Crippen molar-refractivity contribution in [3.63, 3.8) is 0 Å². The van der Waals surface area contributed by atoms with Crippen LogP contribution in [0.15, 0.2) is 30.3 Å². The fraction of sp³-hybridized carbons (Fsp3) is 0.462. The summed E-state index contributed by atoms with van der Waals surface area (Å²) in [6, 6.07) is 9.70. The van der Waals surface area contributed by atoms with Gasteiger partial charge in [-0.25, -0.2) is 0 Å². The molecule has 2 atom stereocenters. The predicted molar refractivity (Wildman–Crippen MR) is 71.7 cm³/mol. The molecule has 2 N–H and O–H groups in total. The quantitative estimate of drug-likeness (QED) is 0.753. The zero-order valence-corrected chi connectivity index (χ0v) is 11.1. The molecule has 1 aromatic rings. The predicted octanol–water partition coefficient (Wildman–Crippen LogP) is 1.77. The molecule has 0 aliphatic rings. The first-order valence-electron chi connectivity index (χ1n) is 5.73. The highest BCUT2D eigenvalue weighted by Crippen LogP contribution is 2.12. The van der Waals surface area contributed by atoms with Gasteiger partial charge >= 0.3 is 5.97 Å². The standard InChI is InChI=1S/C13H18O4S/c1-10(13(15)16)18-9-12(14)8-17-7-11-5-3-2-4-6-11/h2-6,10,12,14H,7-9H2,1H3,(H,15,16). The van der Waals surface area contributed by atoms with E-state index in [0.717, 1.165) is 5.56 Å². The maximum Gasteiger partial charge on any atom is 0.316 e. The molecule has 2 unspecified atom stereocenters. The number of carbonyl (C=O) groups is 1. The van der Waals surface area contributed by atoms with Crippen LogP contribution in [0.2, 0.25) is 0 Å². The molecule has 0 fully saturated rings. The van der Waals surface area contributed by atoms with Gasteiger partial charge in [-0.15, -0.1) is 11.8 Å². The lowest BCUT2D eigenvalue weighted by molar-refractivity contribution is -0.136. The lowest BCUT2D eigenvalue weighted by atomic mass is 10.2. The van der Waals surface area contributed by atoms with Crippen molar-refractivity contribution in [3.8, 4) is 0 Å². The van der Waals surface area contributed by atoms with Crippen LogP contribution in [0.5, 0.6) is 0 Å². The second kappa shape index (κ2) is 8.13. The van der Waals surface area contributed by atoms with E-state index in [1.807, 2.05) is 30.3 Å². The SMILES string of the molecule is CC(SCC(O)COCc1ccccc1)C(=O)O. The molecule has 1 rings (SSSR count). The Bertz CT molecular complexity index is 355. The molecule has 0 aromatic heterocycles. The van der Waals surface area contributed by atoms with Crippen molar-refractivity contribution in [2.45, 2.75) is 24.9 Å². The number of aliphatic hydroxyl groups is 1. The third-order valence-corrected chi connectivity index (χ3v) is 3.59. The van der Waals surface area contributed by atoms with Crippen molar-refractivity contribution in [1.82, 2.24) is 0 Å². The first-order chi connectivity index (χ1) is 8.59. The zero-order valence-electron chi connectivity index (χ0n) is 10.3. The van der Waals surface area contributed by atoms with Gasteiger partial charge in [-0.3, -0.25) is 4.79 Å². The van der Waals surface area contributed by atoms with Crippen LogP contribution < -0.4 is 0 Å². The van der Waals surface area contributed by atoms with E-state index in [9.17, 15) is 9.90 Å². The Labute approximate surface area is 111 Å². The van der Waals surface area contributed by atoms with Crippen LogP contribution in [0.25, 0.3) is 0 Å². The molecule has 0 saturated carbocycles. The van der Waals surface area contributed by atoms with Gasteiger partial charge in [-0.1, -0.05) is 30.3 Å². The number of aliphatic carboxylic acids is 1. The van der Waals surface area contributed by atoms with Crippen LogP contribution in [-0.4, -0.2) is 39.9 Å². The van der Waals surface area contributed by atoms with Crippen molar-refractivity contribution in [3.05, 3.63) is 35.9 Å². The number of hydrogen-bond acceptors (Lipinski definition) is 4. The van der Waals surface area contributed by atoms with E-state index in [1.165, 1.54) is 11.8 Å². The monoisotopic (exact) mass is 270 g/mol. The number of hydrogen-bond donors (Lipinski definition) is 2. The highest BCUT2D eigenvalue weighted by molar-refractivity contribution is 8.00. The van der Waals surface area contributed by atoms with Crippen LogP contribution in [-0.2, 0) is 16.1 Å². The van der Waals surface area contributed by atoms with E-state index >= 15 is 0 Å². The molecule has 0 bridgehead atoms. The Kier molecular flexibility index (Phi) is 6.78. The third kappa shape index (κ3) is 6.05. The summed E-state index contributed by atoms with van der Waals surface area (Å²) in [7, 11) is 0. The number of aliphatic hydroxyl groups excluding tert-OH is 1. The molecule has 0 spiro atoms. The second-order valence-corrected chi connectivity index (χ2v) is 5.34. The minimum absolute atomic E-state index is 0.217. The average molecular weight is 270 g/mol. The minimum Gasteiger partial charge on any atom is -0.480 e. The van der Waals surface area contributed by atoms with Crippen molar-refractivity contribution in [1.29, 1.82) is 0 Å². The van der Waals surface area contributed by atoms with Gasteiger partial charge in [0.25, 0.3) is 0 Å². The fourth-order valence-electron chi connectivity index (χ4n) is 1.26. The fourth-order valence-corrected chi connectivity index (χ4v) is 2.01. The summed E-state index contributed by atoms with van der Waals surface area (Å²) in [5.41, 5.74) is 1.05. The minimum atomic E-state index is -0.864. The van der Waals surface area contributed by atoms with E-state index in [-0.39, 0.29) is 6.61 Å². The number of ether oxygens (including phenoxy) is 1. The van der Waals surface area contributed by atoms with Crippen molar-refractivity contribution >= 4 is 17.7 Å². The summed E-state index contributed by atoms with van der Waals surface area (Å²) in [6.45, 7) is 2.27. The summed E-state index contributed by atoms with van der Waals surface area (Å²) in [6.07, 6.45) is -0.638. The maximum absolute atomic E-state index is 10.6. The Morgan fingerprint density at radius 2 is 2.06 bits per heavy atom. The first kappa shape index (κ1) is 15.0. The zero-order chi connectivity index (χ0) is 13.4. The number of thioether (sulfide) groups is 1. The highest BCUT2D eigenvalue weighted by Gasteiger charge is 2.14. The Hall–Kier alpha value is -1.04. The number of carboxylic acids is 1. The van der Waals surface area contributed by atoms with Gasteiger partial charge in [-0.2, -0.15) is 0 Å². The lowest BCUT2D eigenvalue weighted by Crippen LogP contribution is -2.21. The normalized spacial score (nSPS) is 14.1. The lowest BCUT2D eigenvalue weighted by Gasteiger charge is -2.12. The van der Waals surface area contributed by atoms with E-state index < -0.39 is 17.3 Å². The molecule has 0 saturated heterocycles. The third-order valence-electron chi connectivity index (χ3n) is 2.31. The van der Waals surface area contributed by atoms with Crippen LogP contribution in [0, 0.1) is 0 Å². The molecule has 5 heteroatoms. The Balaban J connectivity index is 2.14. The number of benzene rings is 1. The van der Waals surface area contributed by atoms with Crippen molar-refractivity contribution in [2.75, 3.05) is 12.4 Å². The Morgan fingerprint density at radius 1 is 1.39 bits per heavy atom. The van der Waals surface area contributed by atoms with E-state index in [0.29, 0.717) is 12.4 Å². The van der Waals surface area contributed by atoms with Crippen LogP contribution in [0.1, 0.15) is 12.5 Å². The molecule has 1 aromatic carbocycles. The van der Waals surface area contributed by atoms with Gasteiger partial charge in [0.05, 0.1) is 24.6 Å². The summed E-state index contributed by atoms with van der Waals surface area (Å²) in [5, 5.41) is 17.8. The largest absolute Gasteiger partial charge is 0.480 e. The molecule has 18 heavy (non-hydrogen) atoms. The highest BCUT2D eigenvalue weighted by atomic mass is 32.2. The van der Waals surface area contributed by atoms with Crippen LogP contribution >= 0.6 is 11.8 Å². The Morgan fingerprint density at radius 3 is 2.67 bits per heavy atom. The molecule has 0 radical (unpaired) electrons. The number of rotatable bonds is 8. The van der Waals surface area contributed by atoms with Gasteiger partial charge in [0, 0.05) is 5.75 Å². The van der Waals surface area contributed by atoms with Crippen LogP contribution in [0.3, 0.4) is 0 Å². The smallest absolute Gasteiger partial charge is 0.316 e. The average Bonchev–Trinajstić information content (AvgIpc) is 2.37. The molecule has 4 nitrogen and oxygen atoms in total. The molecule has 100 valence electrons. The molecule has 0 amide bonds. The molecule has 0 aliphatic heterocycles. The molecular formula is C13H18O4S. The summed E-state index contributed by atoms with van der Waals surface area (Å²) >= 11 is 1.21. The summed E-state index contributed by atoms with van der Waals surface area (Å²) in [4.78, 5) is 10.6. The molecule has 0 aliphatic carbocycles. The van der Waals surface area contributed by atoms with Gasteiger partial charge in [0.1, 0.15) is 0 Å². The molecule has 0 heterocycles. The number of carboxylic acid groups (broad SMARTS) is 1. The second-order valence-electron chi connectivity index (χ2n) is 3.97. The van der Waals surface area contributed by atoms with Gasteiger partial charge in [0.15, 0.2) is 0 Å². The van der Waals surface area contributed by atoms with E-state index in [4.69, 9.17) is 9.84 Å². The van der Waals surface area contributed by atoms with Crippen LogP contribution in [0.4, 0.5) is 0 Å². The topological polar surface area (TPSA) is 66.8 Å². The first-order valence-corrected chi connectivity index (χ1v) is 6.78.